The summed E-state index contributed by atoms with van der Waals surface area (Å²) in [5, 5.41) is 0.261. The Kier molecular flexibility index (Phi) is 10.1. The molecule has 1 N–H and O–H groups in total. The summed E-state index contributed by atoms with van der Waals surface area (Å²) in [6.45, 7) is 7.87. The van der Waals surface area contributed by atoms with Crippen molar-refractivity contribution in [2.45, 2.75) is 44.8 Å². The molecule has 0 radical (unpaired) electrons. The molecule has 1 unspecified atom stereocenters. The van der Waals surface area contributed by atoms with E-state index in [1.807, 2.05) is 19.1 Å². The van der Waals surface area contributed by atoms with Gasteiger partial charge in [0.25, 0.3) is 0 Å². The monoisotopic (exact) mass is 262 g/mol. The van der Waals surface area contributed by atoms with Crippen molar-refractivity contribution >= 4 is 20.9 Å². The van der Waals surface area contributed by atoms with Crippen molar-refractivity contribution in [1.29, 1.82) is 0 Å². The highest BCUT2D eigenvalue weighted by Crippen LogP contribution is 2.27. The van der Waals surface area contributed by atoms with Crippen molar-refractivity contribution in [3.63, 3.8) is 0 Å². The molecule has 0 heterocycles. The van der Waals surface area contributed by atoms with Crippen LogP contribution in [0.4, 0.5) is 0 Å². The number of rotatable bonds is 9. The van der Waals surface area contributed by atoms with Crippen LogP contribution in [0.15, 0.2) is 24.8 Å². The van der Waals surface area contributed by atoms with E-state index in [2.05, 4.69) is 19.6 Å². The predicted molar refractivity (Wildman–Crippen MR) is 74.8 cm³/mol. The second-order valence-electron chi connectivity index (χ2n) is 3.95. The first-order chi connectivity index (χ1) is 7.60. The molecule has 0 amide bonds. The normalized spacial score (nSPS) is 17.2. The standard InChI is InChI=1S/C12H22O2S2/c1-4-6-7-9-12(15-16(13)14)10-11(3)8-5-2/h4-6,11-12H,2,7-10H2,1,3H3,(H,13,14)/b6-4-/t11-,12+/m0/s1. The lowest BCUT2D eigenvalue weighted by Gasteiger charge is -2.17. The summed E-state index contributed by atoms with van der Waals surface area (Å²) in [6, 6.07) is 0. The summed E-state index contributed by atoms with van der Waals surface area (Å²) in [5.41, 5.74) is 0. The minimum atomic E-state index is -1.75. The molecule has 0 aliphatic rings. The van der Waals surface area contributed by atoms with Crippen LogP contribution in [0, 0.1) is 5.92 Å². The first-order valence-corrected chi connectivity index (χ1v) is 8.10. The van der Waals surface area contributed by atoms with E-state index in [0.717, 1.165) is 36.5 Å². The largest absolute Gasteiger partial charge is 0.298 e. The van der Waals surface area contributed by atoms with E-state index in [1.165, 1.54) is 0 Å². The third-order valence-electron chi connectivity index (χ3n) is 2.34. The summed E-state index contributed by atoms with van der Waals surface area (Å²) in [6.07, 6.45) is 9.92. The number of hydrogen-bond acceptors (Lipinski definition) is 2. The summed E-state index contributed by atoms with van der Waals surface area (Å²) in [4.78, 5) is 0. The maximum Gasteiger partial charge on any atom is 0.216 e. The summed E-state index contributed by atoms with van der Waals surface area (Å²) in [5.74, 6) is 0.532. The second-order valence-corrected chi connectivity index (χ2v) is 6.67. The van der Waals surface area contributed by atoms with Crippen molar-refractivity contribution in [3.05, 3.63) is 24.8 Å². The molecule has 0 aromatic heterocycles. The Morgan fingerprint density at radius 1 is 1.56 bits per heavy atom. The van der Waals surface area contributed by atoms with E-state index in [0.29, 0.717) is 5.92 Å². The van der Waals surface area contributed by atoms with Crippen molar-refractivity contribution in [2.24, 2.45) is 5.92 Å². The minimum Gasteiger partial charge on any atom is -0.298 e. The fourth-order valence-electron chi connectivity index (χ4n) is 1.60. The van der Waals surface area contributed by atoms with E-state index in [9.17, 15) is 4.21 Å². The molecule has 0 fully saturated rings. The third-order valence-corrected chi connectivity index (χ3v) is 4.52. The highest BCUT2D eigenvalue weighted by molar-refractivity contribution is 8.67. The Hall–Kier alpha value is -0.0600. The minimum absolute atomic E-state index is 0.261. The van der Waals surface area contributed by atoms with Crippen LogP contribution in [0.3, 0.4) is 0 Å². The van der Waals surface area contributed by atoms with Crippen LogP contribution in [0.1, 0.15) is 39.5 Å². The third kappa shape index (κ3) is 9.19. The highest BCUT2D eigenvalue weighted by atomic mass is 33.1. The Morgan fingerprint density at radius 2 is 2.25 bits per heavy atom. The molecular weight excluding hydrogens is 240 g/mol. The van der Waals surface area contributed by atoms with Gasteiger partial charge in [0.15, 0.2) is 0 Å². The van der Waals surface area contributed by atoms with Crippen LogP contribution in [-0.4, -0.2) is 14.0 Å². The van der Waals surface area contributed by atoms with Crippen molar-refractivity contribution in [1.82, 2.24) is 0 Å². The van der Waals surface area contributed by atoms with Gasteiger partial charge in [-0.25, -0.2) is 4.21 Å². The van der Waals surface area contributed by atoms with Gasteiger partial charge in [-0.3, -0.25) is 4.55 Å². The van der Waals surface area contributed by atoms with Crippen molar-refractivity contribution in [2.75, 3.05) is 0 Å². The summed E-state index contributed by atoms with van der Waals surface area (Å²) >= 11 is 0. The van der Waals surface area contributed by atoms with E-state index in [4.69, 9.17) is 4.55 Å². The SMILES string of the molecule is C=CC[C@H](C)C[C@@H](CC/C=C\C)SS(=O)O. The molecule has 94 valence electrons. The number of allylic oxidation sites excluding steroid dienone is 3. The smallest absolute Gasteiger partial charge is 0.216 e. The van der Waals surface area contributed by atoms with Gasteiger partial charge in [-0.2, -0.15) is 0 Å². The van der Waals surface area contributed by atoms with Gasteiger partial charge in [-0.15, -0.1) is 6.58 Å². The van der Waals surface area contributed by atoms with Crippen molar-refractivity contribution in [3.8, 4) is 0 Å². The fourth-order valence-corrected chi connectivity index (χ4v) is 3.70. The molecule has 3 atom stereocenters. The predicted octanol–water partition coefficient (Wildman–Crippen LogP) is 4.18. The molecule has 0 aliphatic carbocycles. The highest BCUT2D eigenvalue weighted by Gasteiger charge is 2.15. The van der Waals surface area contributed by atoms with Gasteiger partial charge in [0, 0.05) is 5.25 Å². The molecule has 16 heavy (non-hydrogen) atoms. The molecule has 0 rings (SSSR count). The van der Waals surface area contributed by atoms with E-state index >= 15 is 0 Å². The molecule has 0 bridgehead atoms. The molecule has 0 spiro atoms. The van der Waals surface area contributed by atoms with Gasteiger partial charge in [0.05, 0.1) is 0 Å². The average molecular weight is 262 g/mol. The van der Waals surface area contributed by atoms with E-state index in [1.54, 1.807) is 0 Å². The molecule has 0 aromatic rings. The van der Waals surface area contributed by atoms with Crippen LogP contribution >= 0.6 is 10.8 Å². The Morgan fingerprint density at radius 3 is 2.75 bits per heavy atom. The fraction of sp³-hybridized carbons (Fsp3) is 0.667. The molecule has 0 aliphatic heterocycles. The Labute approximate surface area is 105 Å². The quantitative estimate of drug-likeness (QED) is 0.385. The van der Waals surface area contributed by atoms with Gasteiger partial charge in [0.1, 0.15) is 0 Å². The maximum atomic E-state index is 10.8. The van der Waals surface area contributed by atoms with Crippen LogP contribution in [0.25, 0.3) is 0 Å². The molecule has 0 saturated carbocycles. The van der Waals surface area contributed by atoms with Crippen LogP contribution in [-0.2, 0) is 10.1 Å². The lowest BCUT2D eigenvalue weighted by Crippen LogP contribution is -2.09. The van der Waals surface area contributed by atoms with Gasteiger partial charge >= 0.3 is 0 Å². The molecule has 4 heteroatoms. The Bertz CT molecular complexity index is 239. The first-order valence-electron chi connectivity index (χ1n) is 5.60. The molecular formula is C12H22O2S2. The van der Waals surface area contributed by atoms with Gasteiger partial charge < -0.3 is 0 Å². The topological polar surface area (TPSA) is 37.3 Å². The zero-order valence-electron chi connectivity index (χ0n) is 10.1. The summed E-state index contributed by atoms with van der Waals surface area (Å²) < 4.78 is 19.7. The first kappa shape index (κ1) is 15.9. The van der Waals surface area contributed by atoms with Gasteiger partial charge in [-0.05, 0) is 49.3 Å². The number of hydrogen-bond donors (Lipinski definition) is 1. The maximum absolute atomic E-state index is 10.8. The Balaban J connectivity index is 4.07. The average Bonchev–Trinajstić information content (AvgIpc) is 2.17. The summed E-state index contributed by atoms with van der Waals surface area (Å²) in [7, 11) is -0.591. The van der Waals surface area contributed by atoms with Crippen molar-refractivity contribution < 1.29 is 8.76 Å². The molecule has 0 saturated heterocycles. The zero-order chi connectivity index (χ0) is 12.4. The lowest BCUT2D eigenvalue weighted by atomic mass is 9.99. The lowest BCUT2D eigenvalue weighted by molar-refractivity contribution is 0.515. The van der Waals surface area contributed by atoms with Gasteiger partial charge in [0.2, 0.25) is 10.1 Å². The molecule has 0 aromatic carbocycles. The van der Waals surface area contributed by atoms with Crippen LogP contribution in [0.5, 0.6) is 0 Å². The molecule has 2 nitrogen and oxygen atoms in total. The van der Waals surface area contributed by atoms with Gasteiger partial charge in [-0.1, -0.05) is 25.2 Å². The van der Waals surface area contributed by atoms with E-state index in [-0.39, 0.29) is 5.25 Å². The van der Waals surface area contributed by atoms with E-state index < -0.39 is 10.1 Å². The second kappa shape index (κ2) is 10.1. The zero-order valence-corrected chi connectivity index (χ0v) is 11.7. The van der Waals surface area contributed by atoms with Crippen LogP contribution in [0.2, 0.25) is 0 Å². The van der Waals surface area contributed by atoms with Crippen LogP contribution < -0.4 is 0 Å².